The number of amides is 1. The van der Waals surface area contributed by atoms with Gasteiger partial charge in [-0.25, -0.2) is 0 Å². The molecule has 0 aliphatic carbocycles. The van der Waals surface area contributed by atoms with E-state index in [9.17, 15) is 14.4 Å². The molecule has 1 aliphatic heterocycles. The van der Waals surface area contributed by atoms with E-state index in [1.807, 2.05) is 53.8 Å². The Hall–Kier alpha value is -2.99. The smallest absolute Gasteiger partial charge is 0.293 e. The predicted molar refractivity (Wildman–Crippen MR) is 162 cm³/mol. The van der Waals surface area contributed by atoms with Crippen LogP contribution in [-0.4, -0.2) is 46.8 Å². The lowest BCUT2D eigenvalue weighted by Crippen LogP contribution is -2.17. The number of benzene rings is 1. The standard InChI is InChI=1S/C15H12BrN3O2S.C5H10O2.2C3H6.CH6N2/c1-19-15-12(6-9(7-20)8-22-15)13(18-19)17-14(21)10-2-4-11(16)5-3-10;1-5(2,3)7-4-6;3*1-3-2/h2-7H,8H2,1H3,(H,17,18,21);4H,1-3H3;2*3H,1H2,2H3;3H,2H2,1H3. The highest BCUT2D eigenvalue weighted by atomic mass is 79.9. The second-order valence-corrected chi connectivity index (χ2v) is 10.1. The monoisotopic (exact) mass is 609 g/mol. The summed E-state index contributed by atoms with van der Waals surface area (Å²) in [5.41, 5.74) is 3.95. The summed E-state index contributed by atoms with van der Waals surface area (Å²) in [7, 11) is 3.47. The number of nitrogens with zero attached hydrogens (tertiary/aromatic N) is 2. The number of nitrogens with two attached hydrogens (primary N) is 1. The molecule has 1 amide bonds. The highest BCUT2D eigenvalue weighted by molar-refractivity contribution is 9.10. The molecule has 0 bridgehead atoms. The van der Waals surface area contributed by atoms with Crippen molar-refractivity contribution in [2.75, 3.05) is 18.1 Å². The minimum absolute atomic E-state index is 0.231. The summed E-state index contributed by atoms with van der Waals surface area (Å²) >= 11 is 4.87. The molecule has 0 spiro atoms. The van der Waals surface area contributed by atoms with Gasteiger partial charge in [0.1, 0.15) is 16.9 Å². The van der Waals surface area contributed by atoms with Gasteiger partial charge in [0.25, 0.3) is 12.4 Å². The molecule has 2 aromatic rings. The maximum atomic E-state index is 12.3. The van der Waals surface area contributed by atoms with Crippen LogP contribution in [0.15, 0.2) is 64.6 Å². The number of halogens is 1. The average Bonchev–Trinajstić information content (AvgIpc) is 3.15. The van der Waals surface area contributed by atoms with Crippen LogP contribution in [0.3, 0.4) is 0 Å². The Morgan fingerprint density at radius 2 is 1.68 bits per heavy atom. The number of fused-ring (bicyclic) bond motifs is 1. The van der Waals surface area contributed by atoms with Gasteiger partial charge in [0.05, 0.1) is 5.56 Å². The molecular formula is C27H40BrN5O4S. The van der Waals surface area contributed by atoms with E-state index >= 15 is 0 Å². The van der Waals surface area contributed by atoms with Gasteiger partial charge in [-0.05, 0) is 72.0 Å². The van der Waals surface area contributed by atoms with Gasteiger partial charge in [0.2, 0.25) is 0 Å². The fraction of sp³-hybridized carbons (Fsp3) is 0.333. The molecule has 3 rings (SSSR count). The maximum absolute atomic E-state index is 12.3. The topological polar surface area (TPSA) is 128 Å². The number of hydrogen-bond donors (Lipinski definition) is 3. The number of hydrogen-bond acceptors (Lipinski definition) is 8. The molecule has 1 aliphatic rings. The van der Waals surface area contributed by atoms with E-state index in [0.29, 0.717) is 29.2 Å². The number of ether oxygens (including phenoxy) is 1. The van der Waals surface area contributed by atoms with Gasteiger partial charge in [-0.3, -0.25) is 30.3 Å². The molecule has 0 fully saturated rings. The Labute approximate surface area is 239 Å². The zero-order valence-electron chi connectivity index (χ0n) is 23.2. The fourth-order valence-electron chi connectivity index (χ4n) is 2.29. The van der Waals surface area contributed by atoms with Gasteiger partial charge >= 0.3 is 0 Å². The normalized spacial score (nSPS) is 10.8. The van der Waals surface area contributed by atoms with Crippen molar-refractivity contribution in [3.05, 3.63) is 70.7 Å². The highest BCUT2D eigenvalue weighted by Crippen LogP contribution is 2.35. The van der Waals surface area contributed by atoms with Crippen molar-refractivity contribution >= 4 is 58.3 Å². The van der Waals surface area contributed by atoms with Crippen LogP contribution in [0.4, 0.5) is 5.82 Å². The van der Waals surface area contributed by atoms with Gasteiger partial charge in [-0.2, -0.15) is 5.10 Å². The number of aldehydes is 1. The van der Waals surface area contributed by atoms with Crippen molar-refractivity contribution in [1.29, 1.82) is 0 Å². The van der Waals surface area contributed by atoms with E-state index in [1.54, 1.807) is 42.1 Å². The summed E-state index contributed by atoms with van der Waals surface area (Å²) in [4.78, 5) is 32.9. The summed E-state index contributed by atoms with van der Waals surface area (Å²) < 4.78 is 7.18. The van der Waals surface area contributed by atoms with Crippen molar-refractivity contribution in [2.24, 2.45) is 12.9 Å². The first-order chi connectivity index (χ1) is 17.9. The number of allylic oxidation sites excluding steroid dienone is 2. The van der Waals surface area contributed by atoms with E-state index in [-0.39, 0.29) is 11.5 Å². The average molecular weight is 611 g/mol. The summed E-state index contributed by atoms with van der Waals surface area (Å²) in [5.74, 6) is 5.46. The summed E-state index contributed by atoms with van der Waals surface area (Å²) in [5, 5.41) is 8.09. The Bertz CT molecular complexity index is 1040. The molecule has 210 valence electrons. The number of hydrazine groups is 1. The first-order valence-electron chi connectivity index (χ1n) is 11.4. The van der Waals surface area contributed by atoms with Crippen molar-refractivity contribution in [2.45, 2.75) is 45.2 Å². The second-order valence-electron chi connectivity index (χ2n) is 8.21. The third-order valence-corrected chi connectivity index (χ3v) is 5.39. The number of nitrogens with one attached hydrogen (secondary N) is 2. The molecule has 0 saturated carbocycles. The van der Waals surface area contributed by atoms with E-state index < -0.39 is 0 Å². The van der Waals surface area contributed by atoms with Crippen LogP contribution in [-0.2, 0) is 21.4 Å². The van der Waals surface area contributed by atoms with Crippen molar-refractivity contribution in [3.8, 4) is 0 Å². The largest absolute Gasteiger partial charge is 0.462 e. The minimum Gasteiger partial charge on any atom is -0.462 e. The molecule has 2 heterocycles. The van der Waals surface area contributed by atoms with Crippen LogP contribution >= 0.6 is 27.7 Å². The molecular weight excluding hydrogens is 570 g/mol. The van der Waals surface area contributed by atoms with Crippen LogP contribution < -0.4 is 16.6 Å². The number of aromatic nitrogens is 2. The lowest BCUT2D eigenvalue weighted by molar-refractivity contribution is -0.138. The van der Waals surface area contributed by atoms with Crippen LogP contribution in [0.25, 0.3) is 6.08 Å². The third kappa shape index (κ3) is 16.0. The van der Waals surface area contributed by atoms with Gasteiger partial charge in [-0.1, -0.05) is 28.1 Å². The van der Waals surface area contributed by atoms with Crippen LogP contribution in [0.2, 0.25) is 0 Å². The number of anilines is 1. The Kier molecular flexibility index (Phi) is 20.5. The molecule has 4 N–H and O–H groups in total. The highest BCUT2D eigenvalue weighted by Gasteiger charge is 2.21. The van der Waals surface area contributed by atoms with Crippen LogP contribution in [0, 0.1) is 0 Å². The molecule has 0 unspecified atom stereocenters. The van der Waals surface area contributed by atoms with Crippen molar-refractivity contribution in [1.82, 2.24) is 15.2 Å². The fourth-order valence-corrected chi connectivity index (χ4v) is 3.55. The number of carbonyl (C=O) groups excluding carboxylic acids is 3. The summed E-state index contributed by atoms with van der Waals surface area (Å²) in [6.07, 6.45) is 6.12. The van der Waals surface area contributed by atoms with E-state index in [4.69, 9.17) is 0 Å². The number of rotatable bonds is 4. The number of thioether (sulfide) groups is 1. The predicted octanol–water partition coefficient (Wildman–Crippen LogP) is 5.54. The van der Waals surface area contributed by atoms with Crippen molar-refractivity contribution in [3.63, 3.8) is 0 Å². The van der Waals surface area contributed by atoms with Gasteiger partial charge in [0, 0.05) is 28.4 Å². The van der Waals surface area contributed by atoms with E-state index in [1.165, 1.54) is 11.8 Å². The first-order valence-corrected chi connectivity index (χ1v) is 13.2. The number of aryl methyl sites for hydroxylation is 1. The quantitative estimate of drug-likeness (QED) is 0.178. The van der Waals surface area contributed by atoms with Gasteiger partial charge in [0.15, 0.2) is 5.82 Å². The molecule has 1 aromatic carbocycles. The molecule has 38 heavy (non-hydrogen) atoms. The number of carbonyl (C=O) groups is 3. The lowest BCUT2D eigenvalue weighted by atomic mass is 10.2. The summed E-state index contributed by atoms with van der Waals surface area (Å²) in [6, 6.07) is 7.08. The second kappa shape index (κ2) is 21.0. The Balaban J connectivity index is 0. The van der Waals surface area contributed by atoms with E-state index in [2.05, 4.69) is 55.5 Å². The zero-order valence-corrected chi connectivity index (χ0v) is 25.6. The molecule has 11 heteroatoms. The zero-order chi connectivity index (χ0) is 29.7. The van der Waals surface area contributed by atoms with E-state index in [0.717, 1.165) is 21.3 Å². The van der Waals surface area contributed by atoms with Gasteiger partial charge < -0.3 is 10.1 Å². The maximum Gasteiger partial charge on any atom is 0.293 e. The van der Waals surface area contributed by atoms with Crippen LogP contribution in [0.1, 0.15) is 50.5 Å². The SMILES string of the molecule is C=CC.C=CC.CC(C)(C)OC=O.CNN.Cn1nc(NC(=O)c2ccc(Br)cc2)c2c1SCC(C=O)=C2. The minimum atomic E-state index is -0.318. The first kappa shape index (κ1) is 37.2. The summed E-state index contributed by atoms with van der Waals surface area (Å²) in [6.45, 7) is 16.4. The lowest BCUT2D eigenvalue weighted by Gasteiger charge is -2.14. The molecule has 0 radical (unpaired) electrons. The van der Waals surface area contributed by atoms with Crippen LogP contribution in [0.5, 0.6) is 0 Å². The molecule has 0 saturated heterocycles. The van der Waals surface area contributed by atoms with Crippen molar-refractivity contribution < 1.29 is 19.1 Å². The molecule has 1 aromatic heterocycles. The Morgan fingerprint density at radius 1 is 1.18 bits per heavy atom. The van der Waals surface area contributed by atoms with Gasteiger partial charge in [-0.15, -0.1) is 24.9 Å². The molecule has 0 atom stereocenters. The third-order valence-electron chi connectivity index (χ3n) is 3.63. The Morgan fingerprint density at radius 3 is 2.08 bits per heavy atom. The molecule has 9 nitrogen and oxygen atoms in total.